The molecule has 1 N–H and O–H groups in total. The van der Waals surface area contributed by atoms with Gasteiger partial charge in [-0.05, 0) is 55.5 Å². The van der Waals surface area contributed by atoms with E-state index in [1.54, 1.807) is 19.1 Å². The van der Waals surface area contributed by atoms with Crippen molar-refractivity contribution < 1.29 is 40.3 Å². The smallest absolute Gasteiger partial charge is 0.377 e. The summed E-state index contributed by atoms with van der Waals surface area (Å²) in [5.74, 6) is -1.23. The van der Waals surface area contributed by atoms with Crippen molar-refractivity contribution in [1.29, 1.82) is 5.26 Å². The highest BCUT2D eigenvalue weighted by molar-refractivity contribution is 8.15. The van der Waals surface area contributed by atoms with Gasteiger partial charge in [0.2, 0.25) is 5.91 Å². The number of halogens is 4. The lowest BCUT2D eigenvalue weighted by molar-refractivity contribution is -0.115. The Bertz CT molecular complexity index is 2060. The normalized spacial score (nSPS) is 15.1. The molecule has 17 heteroatoms. The van der Waals surface area contributed by atoms with Gasteiger partial charge in [0.25, 0.3) is 9.84 Å². The van der Waals surface area contributed by atoms with Gasteiger partial charge in [-0.25, -0.2) is 22.6 Å². The van der Waals surface area contributed by atoms with Crippen LogP contribution < -0.4 is 10.2 Å². The fourth-order valence-corrected chi connectivity index (χ4v) is 6.13. The maximum atomic E-state index is 15.1. The first-order valence-electron chi connectivity index (χ1n) is 13.4. The quantitative estimate of drug-likeness (QED) is 0.226. The van der Waals surface area contributed by atoms with Gasteiger partial charge in [-0.3, -0.25) is 9.69 Å². The van der Waals surface area contributed by atoms with Gasteiger partial charge in [0.1, 0.15) is 5.82 Å². The third kappa shape index (κ3) is 6.75. The first-order chi connectivity index (χ1) is 22.2. The number of urea groups is 1. The number of thioether (sulfide) groups is 1. The number of alkyl halides is 3. The predicted octanol–water partition coefficient (Wildman–Crippen LogP) is 6.22. The summed E-state index contributed by atoms with van der Waals surface area (Å²) in [6.07, 6.45) is 2.31. The molecule has 1 atom stereocenters. The molecule has 11 nitrogen and oxygen atoms in total. The number of imidazole rings is 1. The van der Waals surface area contributed by atoms with Crippen molar-refractivity contribution >= 4 is 50.1 Å². The molecule has 0 spiro atoms. The van der Waals surface area contributed by atoms with E-state index in [9.17, 15) is 36.4 Å². The number of ether oxygens (including phenoxy) is 1. The first kappa shape index (κ1) is 33.3. The van der Waals surface area contributed by atoms with Crippen LogP contribution in [0.5, 0.6) is 0 Å². The number of hydrogen-bond acceptors (Lipinski definition) is 8. The molecular formula is C30H22F4N6O5S2. The molecule has 0 saturated carbocycles. The molecule has 0 radical (unpaired) electrons. The number of anilines is 2. The monoisotopic (exact) mass is 686 g/mol. The number of hydrogen-bond donors (Lipinski definition) is 1. The van der Waals surface area contributed by atoms with Crippen molar-refractivity contribution in [2.24, 2.45) is 4.99 Å². The number of methoxy groups -OCH3 is 1. The molecule has 242 valence electrons. The summed E-state index contributed by atoms with van der Waals surface area (Å²) in [6.45, 7) is 1.76. The fraction of sp³-hybridized carbons (Fsp3) is 0.167. The lowest BCUT2D eigenvalue weighted by Crippen LogP contribution is -2.31. The van der Waals surface area contributed by atoms with Crippen LogP contribution >= 0.6 is 11.8 Å². The van der Waals surface area contributed by atoms with E-state index in [-0.39, 0.29) is 33.8 Å². The Morgan fingerprint density at radius 2 is 1.87 bits per heavy atom. The van der Waals surface area contributed by atoms with Gasteiger partial charge in [0.15, 0.2) is 5.17 Å². The number of rotatable bonds is 7. The predicted molar refractivity (Wildman–Crippen MR) is 165 cm³/mol. The average Bonchev–Trinajstić information content (AvgIpc) is 3.68. The number of aromatic nitrogens is 2. The zero-order valence-electron chi connectivity index (χ0n) is 24.3. The van der Waals surface area contributed by atoms with Gasteiger partial charge >= 0.3 is 11.5 Å². The molecule has 2 heterocycles. The minimum Gasteiger partial charge on any atom is -0.377 e. The second-order valence-corrected chi connectivity index (χ2v) is 12.8. The van der Waals surface area contributed by atoms with Gasteiger partial charge in [-0.1, -0.05) is 23.9 Å². The number of sulfone groups is 1. The van der Waals surface area contributed by atoms with Crippen molar-refractivity contribution in [3.8, 4) is 23.0 Å². The number of nitrogens with zero attached hydrogens (tertiary/aromatic N) is 5. The molecule has 4 aromatic rings. The number of carbonyl (C=O) groups is 2. The van der Waals surface area contributed by atoms with Crippen LogP contribution in [-0.4, -0.2) is 53.4 Å². The van der Waals surface area contributed by atoms with Crippen LogP contribution in [0.4, 0.5) is 33.7 Å². The van der Waals surface area contributed by atoms with Crippen molar-refractivity contribution in [1.82, 2.24) is 9.55 Å². The van der Waals surface area contributed by atoms with Crippen LogP contribution in [0.2, 0.25) is 0 Å². The molecule has 5 rings (SSSR count). The summed E-state index contributed by atoms with van der Waals surface area (Å²) < 4.78 is 83.6. The highest BCUT2D eigenvalue weighted by Gasteiger charge is 2.46. The van der Waals surface area contributed by atoms with E-state index in [4.69, 9.17) is 4.74 Å². The van der Waals surface area contributed by atoms with Gasteiger partial charge < -0.3 is 14.6 Å². The maximum absolute atomic E-state index is 15.1. The van der Waals surface area contributed by atoms with Crippen molar-refractivity contribution in [2.45, 2.75) is 23.4 Å². The number of amidine groups is 1. The Kier molecular flexibility index (Phi) is 9.20. The Labute approximate surface area is 269 Å². The molecule has 1 aliphatic rings. The van der Waals surface area contributed by atoms with Crippen LogP contribution in [-0.2, 0) is 19.4 Å². The molecule has 47 heavy (non-hydrogen) atoms. The summed E-state index contributed by atoms with van der Waals surface area (Å²) in [5.41, 5.74) is -3.59. The molecule has 1 unspecified atom stereocenters. The van der Waals surface area contributed by atoms with Gasteiger partial charge in [0.05, 0.1) is 51.8 Å². The summed E-state index contributed by atoms with van der Waals surface area (Å²) in [6, 6.07) is 13.6. The molecule has 1 fully saturated rings. The SMILES string of the molecule is COC(C)c1ccc(C#N)cc1N1C(=O)CS/C1=N\C(=O)Nc1ccc(-c2cn(-c3ccc(S(=O)(=O)C(F)(F)F)cc3)cn2)cc1F. The van der Waals surface area contributed by atoms with Crippen molar-refractivity contribution in [2.75, 3.05) is 23.1 Å². The van der Waals surface area contributed by atoms with Crippen LogP contribution in [0.25, 0.3) is 16.9 Å². The lowest BCUT2D eigenvalue weighted by Gasteiger charge is -2.22. The van der Waals surface area contributed by atoms with Crippen LogP contribution in [0.1, 0.15) is 24.2 Å². The molecule has 3 amide bonds. The second-order valence-electron chi connectivity index (χ2n) is 9.91. The van der Waals surface area contributed by atoms with E-state index in [1.165, 1.54) is 59.4 Å². The molecule has 0 aliphatic carbocycles. The van der Waals surface area contributed by atoms with Crippen LogP contribution in [0.15, 0.2) is 83.1 Å². The molecule has 1 aliphatic heterocycles. The Hall–Kier alpha value is -5.05. The molecule has 1 saturated heterocycles. The summed E-state index contributed by atoms with van der Waals surface area (Å²) >= 11 is 0.999. The summed E-state index contributed by atoms with van der Waals surface area (Å²) in [4.78, 5) is 34.1. The minimum absolute atomic E-state index is 0.0177. The van der Waals surface area contributed by atoms with Gasteiger partial charge in [0, 0.05) is 30.1 Å². The van der Waals surface area contributed by atoms with Gasteiger partial charge in [-0.15, -0.1) is 0 Å². The summed E-state index contributed by atoms with van der Waals surface area (Å²) in [7, 11) is -4.02. The zero-order chi connectivity index (χ0) is 34.1. The Morgan fingerprint density at radius 3 is 2.51 bits per heavy atom. The number of carbonyl (C=O) groups excluding carboxylic acids is 2. The van der Waals surface area contributed by atoms with E-state index in [2.05, 4.69) is 15.3 Å². The standard InChI is InChI=1S/C30H22F4N6O5S2/c1-17(45-2)22-9-3-18(13-35)11-26(22)40-27(41)15-46-29(40)38-28(42)37-24-10-4-19(12-23(24)31)25-14-39(16-36-25)20-5-7-21(8-6-20)47(43,44)30(32,33)34/h3-12,14,16-17H,15H2,1-2H3,(H,37,42)/b38-29-. The third-order valence-electron chi connectivity index (χ3n) is 6.99. The first-order valence-corrected chi connectivity index (χ1v) is 15.9. The van der Waals surface area contributed by atoms with Crippen LogP contribution in [0.3, 0.4) is 0 Å². The van der Waals surface area contributed by atoms with E-state index < -0.39 is 38.2 Å². The Morgan fingerprint density at radius 1 is 1.15 bits per heavy atom. The van der Waals surface area contributed by atoms with Crippen LogP contribution in [0, 0.1) is 17.1 Å². The average molecular weight is 687 g/mol. The zero-order valence-corrected chi connectivity index (χ0v) is 26.0. The summed E-state index contributed by atoms with van der Waals surface area (Å²) in [5, 5.41) is 11.8. The van der Waals surface area contributed by atoms with E-state index in [1.807, 2.05) is 6.07 Å². The highest BCUT2D eigenvalue weighted by atomic mass is 32.2. The lowest BCUT2D eigenvalue weighted by atomic mass is 10.0. The number of nitrogens with one attached hydrogen (secondary N) is 1. The van der Waals surface area contributed by atoms with Crippen molar-refractivity contribution in [3.05, 3.63) is 90.1 Å². The number of nitriles is 1. The fourth-order valence-electron chi connectivity index (χ4n) is 4.51. The van der Waals surface area contributed by atoms with E-state index >= 15 is 4.39 Å². The number of aliphatic imine (C=N–C) groups is 1. The third-order valence-corrected chi connectivity index (χ3v) is 9.42. The van der Waals surface area contributed by atoms with E-state index in [0.717, 1.165) is 30.0 Å². The number of amides is 3. The highest BCUT2D eigenvalue weighted by Crippen LogP contribution is 2.35. The topological polar surface area (TPSA) is 147 Å². The molecular weight excluding hydrogens is 664 g/mol. The molecule has 1 aromatic heterocycles. The molecule has 0 bridgehead atoms. The molecule has 3 aromatic carbocycles. The van der Waals surface area contributed by atoms with E-state index in [0.29, 0.717) is 22.5 Å². The largest absolute Gasteiger partial charge is 0.501 e. The van der Waals surface area contributed by atoms with Gasteiger partial charge in [-0.2, -0.15) is 23.4 Å². The minimum atomic E-state index is -5.50. The second kappa shape index (κ2) is 13.0. The maximum Gasteiger partial charge on any atom is 0.501 e. The number of benzene rings is 3. The van der Waals surface area contributed by atoms with Crippen molar-refractivity contribution in [3.63, 3.8) is 0 Å². The Balaban J connectivity index is 1.33.